The normalized spacial score (nSPS) is 10.6. The van der Waals surface area contributed by atoms with Crippen LogP contribution in [0, 0.1) is 0 Å². The van der Waals surface area contributed by atoms with Crippen molar-refractivity contribution in [3.8, 4) is 5.75 Å². The quantitative estimate of drug-likeness (QED) is 0.787. The smallest absolute Gasteiger partial charge is 0.262 e. The number of nitrogens with zero attached hydrogens (tertiary/aromatic N) is 2. The molecule has 0 aliphatic heterocycles. The Labute approximate surface area is 128 Å². The first-order valence-electron chi connectivity index (χ1n) is 7.19. The molecule has 1 amide bonds. The fourth-order valence-electron chi connectivity index (χ4n) is 2.26. The lowest BCUT2D eigenvalue weighted by Crippen LogP contribution is -2.20. The number of aromatic nitrogens is 2. The van der Waals surface area contributed by atoms with Crippen LogP contribution in [0.25, 0.3) is 11.0 Å². The SMILES string of the molecule is CCn1cnc2cc(NC(=O)COc3ccccc3)ccc21. The summed E-state index contributed by atoms with van der Waals surface area (Å²) in [5.41, 5.74) is 2.64. The minimum atomic E-state index is -0.196. The first-order chi connectivity index (χ1) is 10.8. The molecule has 0 atom stereocenters. The molecule has 0 saturated carbocycles. The molecule has 5 heteroatoms. The van der Waals surface area contributed by atoms with E-state index in [1.54, 1.807) is 6.33 Å². The third-order valence-corrected chi connectivity index (χ3v) is 3.36. The molecule has 0 fully saturated rings. The van der Waals surface area contributed by atoms with Crippen molar-refractivity contribution in [2.45, 2.75) is 13.5 Å². The number of para-hydroxylation sites is 1. The van der Waals surface area contributed by atoms with Gasteiger partial charge in [0.15, 0.2) is 6.61 Å². The molecule has 0 aliphatic rings. The van der Waals surface area contributed by atoms with Crippen molar-refractivity contribution in [3.63, 3.8) is 0 Å². The lowest BCUT2D eigenvalue weighted by molar-refractivity contribution is -0.118. The summed E-state index contributed by atoms with van der Waals surface area (Å²) in [5.74, 6) is 0.480. The summed E-state index contributed by atoms with van der Waals surface area (Å²) in [7, 11) is 0. The van der Waals surface area contributed by atoms with Gasteiger partial charge in [-0.2, -0.15) is 0 Å². The van der Waals surface area contributed by atoms with Gasteiger partial charge in [0.05, 0.1) is 17.4 Å². The average molecular weight is 295 g/mol. The molecule has 1 aromatic heterocycles. The standard InChI is InChI=1S/C17H17N3O2/c1-2-20-12-18-15-10-13(8-9-16(15)20)19-17(21)11-22-14-6-4-3-5-7-14/h3-10,12H,2,11H2,1H3,(H,19,21). The highest BCUT2D eigenvalue weighted by atomic mass is 16.5. The van der Waals surface area contributed by atoms with Gasteiger partial charge >= 0.3 is 0 Å². The number of hydrogen-bond donors (Lipinski definition) is 1. The van der Waals surface area contributed by atoms with Crippen LogP contribution in [0.2, 0.25) is 0 Å². The van der Waals surface area contributed by atoms with E-state index in [1.165, 1.54) is 0 Å². The number of nitrogens with one attached hydrogen (secondary N) is 1. The Kier molecular flexibility index (Phi) is 4.05. The van der Waals surface area contributed by atoms with Gasteiger partial charge in [0, 0.05) is 12.2 Å². The molecule has 0 aliphatic carbocycles. The van der Waals surface area contributed by atoms with Crippen molar-refractivity contribution in [2.75, 3.05) is 11.9 Å². The lowest BCUT2D eigenvalue weighted by Gasteiger charge is -2.07. The van der Waals surface area contributed by atoms with E-state index < -0.39 is 0 Å². The van der Waals surface area contributed by atoms with Crippen molar-refractivity contribution >= 4 is 22.6 Å². The molecular formula is C17H17N3O2. The molecule has 112 valence electrons. The van der Waals surface area contributed by atoms with Crippen LogP contribution < -0.4 is 10.1 Å². The van der Waals surface area contributed by atoms with Crippen LogP contribution in [0.3, 0.4) is 0 Å². The van der Waals surface area contributed by atoms with Crippen LogP contribution in [0.4, 0.5) is 5.69 Å². The summed E-state index contributed by atoms with van der Waals surface area (Å²) in [6, 6.07) is 15.0. The fourth-order valence-corrected chi connectivity index (χ4v) is 2.26. The second-order valence-corrected chi connectivity index (χ2v) is 4.88. The van der Waals surface area contributed by atoms with E-state index in [4.69, 9.17) is 4.74 Å². The van der Waals surface area contributed by atoms with Crippen molar-refractivity contribution in [1.82, 2.24) is 9.55 Å². The van der Waals surface area contributed by atoms with E-state index in [9.17, 15) is 4.79 Å². The summed E-state index contributed by atoms with van der Waals surface area (Å²) in [4.78, 5) is 16.3. The number of fused-ring (bicyclic) bond motifs is 1. The molecule has 0 unspecified atom stereocenters. The van der Waals surface area contributed by atoms with Crippen LogP contribution in [0.5, 0.6) is 5.75 Å². The van der Waals surface area contributed by atoms with E-state index >= 15 is 0 Å². The lowest BCUT2D eigenvalue weighted by atomic mass is 10.2. The molecule has 22 heavy (non-hydrogen) atoms. The minimum absolute atomic E-state index is 0.0224. The third kappa shape index (κ3) is 3.09. The first kappa shape index (κ1) is 14.1. The number of carbonyl (C=O) groups is 1. The maximum Gasteiger partial charge on any atom is 0.262 e. The molecule has 1 N–H and O–H groups in total. The largest absolute Gasteiger partial charge is 0.484 e. The van der Waals surface area contributed by atoms with Gasteiger partial charge in [0.25, 0.3) is 5.91 Å². The monoisotopic (exact) mass is 295 g/mol. The van der Waals surface area contributed by atoms with Crippen LogP contribution in [-0.2, 0) is 11.3 Å². The van der Waals surface area contributed by atoms with Crippen molar-refractivity contribution in [1.29, 1.82) is 0 Å². The van der Waals surface area contributed by atoms with Crippen molar-refractivity contribution in [2.24, 2.45) is 0 Å². The zero-order valence-electron chi connectivity index (χ0n) is 12.3. The maximum absolute atomic E-state index is 11.9. The highest BCUT2D eigenvalue weighted by Gasteiger charge is 2.06. The number of rotatable bonds is 5. The van der Waals surface area contributed by atoms with Gasteiger partial charge in [-0.1, -0.05) is 18.2 Å². The fraction of sp³-hybridized carbons (Fsp3) is 0.176. The molecule has 0 spiro atoms. The van der Waals surface area contributed by atoms with E-state index in [-0.39, 0.29) is 12.5 Å². The van der Waals surface area contributed by atoms with Gasteiger partial charge in [-0.15, -0.1) is 0 Å². The van der Waals surface area contributed by atoms with E-state index in [0.717, 1.165) is 23.3 Å². The van der Waals surface area contributed by atoms with Gasteiger partial charge in [-0.05, 0) is 37.3 Å². The second kappa shape index (κ2) is 6.30. The molecule has 5 nitrogen and oxygen atoms in total. The highest BCUT2D eigenvalue weighted by molar-refractivity contribution is 5.94. The number of amides is 1. The number of ether oxygens (including phenoxy) is 1. The van der Waals surface area contributed by atoms with Crippen LogP contribution >= 0.6 is 0 Å². The Morgan fingerprint density at radius 3 is 2.82 bits per heavy atom. The van der Waals surface area contributed by atoms with Crippen LogP contribution in [-0.4, -0.2) is 22.1 Å². The predicted octanol–water partition coefficient (Wildman–Crippen LogP) is 3.07. The number of anilines is 1. The van der Waals surface area contributed by atoms with Gasteiger partial charge in [-0.3, -0.25) is 4.79 Å². The average Bonchev–Trinajstić information content (AvgIpc) is 2.96. The maximum atomic E-state index is 11.9. The highest BCUT2D eigenvalue weighted by Crippen LogP contribution is 2.18. The Bertz CT molecular complexity index is 781. The minimum Gasteiger partial charge on any atom is -0.484 e. The van der Waals surface area contributed by atoms with E-state index in [0.29, 0.717) is 5.75 Å². The summed E-state index contributed by atoms with van der Waals surface area (Å²) in [6.45, 7) is 2.91. The number of benzene rings is 2. The molecule has 3 rings (SSSR count). The van der Waals surface area contributed by atoms with E-state index in [1.807, 2.05) is 48.5 Å². The molecule has 0 bridgehead atoms. The Balaban J connectivity index is 1.64. The first-order valence-corrected chi connectivity index (χ1v) is 7.19. The van der Waals surface area contributed by atoms with Crippen molar-refractivity contribution < 1.29 is 9.53 Å². The van der Waals surface area contributed by atoms with Gasteiger partial charge in [0.2, 0.25) is 0 Å². The topological polar surface area (TPSA) is 56.2 Å². The third-order valence-electron chi connectivity index (χ3n) is 3.36. The molecule has 0 radical (unpaired) electrons. The predicted molar refractivity (Wildman–Crippen MR) is 86.0 cm³/mol. The molecular weight excluding hydrogens is 278 g/mol. The van der Waals surface area contributed by atoms with Crippen molar-refractivity contribution in [3.05, 3.63) is 54.9 Å². The Morgan fingerprint density at radius 1 is 1.23 bits per heavy atom. The van der Waals surface area contributed by atoms with Gasteiger partial charge in [-0.25, -0.2) is 4.98 Å². The number of imidazole rings is 1. The zero-order valence-corrected chi connectivity index (χ0v) is 12.3. The summed E-state index contributed by atoms with van der Waals surface area (Å²) < 4.78 is 7.47. The summed E-state index contributed by atoms with van der Waals surface area (Å²) in [5, 5.41) is 2.82. The van der Waals surface area contributed by atoms with Gasteiger partial charge < -0.3 is 14.6 Å². The van der Waals surface area contributed by atoms with Gasteiger partial charge in [0.1, 0.15) is 5.75 Å². The Morgan fingerprint density at radius 2 is 2.05 bits per heavy atom. The molecule has 2 aromatic carbocycles. The number of hydrogen-bond acceptors (Lipinski definition) is 3. The number of carbonyl (C=O) groups excluding carboxylic acids is 1. The molecule has 0 saturated heterocycles. The summed E-state index contributed by atoms with van der Waals surface area (Å²) in [6.07, 6.45) is 1.80. The second-order valence-electron chi connectivity index (χ2n) is 4.88. The van der Waals surface area contributed by atoms with Crippen LogP contribution in [0.1, 0.15) is 6.92 Å². The molecule has 3 aromatic rings. The number of aryl methyl sites for hydroxylation is 1. The molecule has 1 heterocycles. The Hall–Kier alpha value is -2.82. The zero-order chi connectivity index (χ0) is 15.4. The van der Waals surface area contributed by atoms with E-state index in [2.05, 4.69) is 21.8 Å². The summed E-state index contributed by atoms with van der Waals surface area (Å²) >= 11 is 0. The van der Waals surface area contributed by atoms with Crippen LogP contribution in [0.15, 0.2) is 54.9 Å².